The molecule has 8 nitrogen and oxygen atoms in total. The number of para-hydroxylation sites is 1. The standard InChI is InChI=1S/C35H34N2O6S.Na/c1-35(2,3)27-14-10-24(11-15-27)30(20-23-8-16-28(17-9-23)36-33(38)22-44(40,41)42)34(39)37-29-18-12-25(13-19-29)32-21-26-6-4-5-7-31(26)43-32;/h4-19,21,30H,20,22H2,1-3H3,(H,36,38)(H,37,39)(H,40,41,42);/q;+1/p-1. The number of carbonyl (C=O) groups excluding carboxylic acids is 2. The van der Waals surface area contributed by atoms with Crippen LogP contribution in [-0.4, -0.2) is 30.5 Å². The van der Waals surface area contributed by atoms with Crippen molar-refractivity contribution in [2.75, 3.05) is 16.4 Å². The Morgan fingerprint density at radius 1 is 0.822 bits per heavy atom. The summed E-state index contributed by atoms with van der Waals surface area (Å²) in [6, 6.07) is 32.1. The molecule has 5 rings (SSSR count). The number of rotatable bonds is 9. The zero-order chi connectivity index (χ0) is 31.5. The van der Waals surface area contributed by atoms with Gasteiger partial charge in [-0.25, -0.2) is 8.42 Å². The minimum Gasteiger partial charge on any atom is -0.748 e. The molecule has 0 aliphatic rings. The number of nitrogens with one attached hydrogen (secondary N) is 2. The third-order valence-corrected chi connectivity index (χ3v) is 7.96. The SMILES string of the molecule is CC(C)(C)c1ccc(C(Cc2ccc(NC(=O)CS(=O)(=O)[O-])cc2)C(=O)Nc2ccc(-c3cc4ccccc4o3)cc2)cc1.[Na+]. The Labute approximate surface area is 285 Å². The predicted octanol–water partition coefficient (Wildman–Crippen LogP) is 3.85. The molecule has 0 saturated carbocycles. The maximum atomic E-state index is 13.7. The van der Waals surface area contributed by atoms with Gasteiger partial charge in [0.2, 0.25) is 11.8 Å². The molecule has 4 aromatic carbocycles. The first-order chi connectivity index (χ1) is 20.8. The van der Waals surface area contributed by atoms with Crippen molar-refractivity contribution in [2.45, 2.75) is 38.5 Å². The van der Waals surface area contributed by atoms with E-state index in [0.717, 1.165) is 39.0 Å². The van der Waals surface area contributed by atoms with Crippen molar-refractivity contribution in [1.29, 1.82) is 0 Å². The second-order valence-corrected chi connectivity index (χ2v) is 13.2. The molecule has 0 spiro atoms. The second-order valence-electron chi connectivity index (χ2n) is 11.8. The zero-order valence-electron chi connectivity index (χ0n) is 25.7. The summed E-state index contributed by atoms with van der Waals surface area (Å²) in [6.07, 6.45) is 0.376. The van der Waals surface area contributed by atoms with Crippen LogP contribution in [0.3, 0.4) is 0 Å². The van der Waals surface area contributed by atoms with Crippen molar-refractivity contribution >= 4 is 44.3 Å². The van der Waals surface area contributed by atoms with E-state index in [1.807, 2.05) is 78.9 Å². The molecule has 5 aromatic rings. The first-order valence-corrected chi connectivity index (χ1v) is 15.7. The van der Waals surface area contributed by atoms with Crippen LogP contribution in [0.15, 0.2) is 108 Å². The van der Waals surface area contributed by atoms with Gasteiger partial charge in [0.25, 0.3) is 0 Å². The third-order valence-electron chi connectivity index (χ3n) is 7.34. The molecule has 0 bridgehead atoms. The Hall–Kier alpha value is -3.73. The van der Waals surface area contributed by atoms with E-state index in [9.17, 15) is 22.6 Å². The molecule has 0 radical (unpaired) electrons. The number of hydrogen-bond donors (Lipinski definition) is 2. The summed E-state index contributed by atoms with van der Waals surface area (Å²) in [6.45, 7) is 6.40. The van der Waals surface area contributed by atoms with Crippen LogP contribution in [0.25, 0.3) is 22.3 Å². The Kier molecular flexibility index (Phi) is 10.7. The molecule has 1 atom stereocenters. The van der Waals surface area contributed by atoms with E-state index < -0.39 is 27.7 Å². The van der Waals surface area contributed by atoms with Crippen LogP contribution >= 0.6 is 0 Å². The largest absolute Gasteiger partial charge is 1.00 e. The van der Waals surface area contributed by atoms with Crippen molar-refractivity contribution in [1.82, 2.24) is 0 Å². The molecule has 226 valence electrons. The number of benzene rings is 4. The molecule has 0 aliphatic carbocycles. The summed E-state index contributed by atoms with van der Waals surface area (Å²) >= 11 is 0. The van der Waals surface area contributed by atoms with Crippen molar-refractivity contribution < 1.29 is 56.5 Å². The van der Waals surface area contributed by atoms with E-state index in [0.29, 0.717) is 17.8 Å². The summed E-state index contributed by atoms with van der Waals surface area (Å²) < 4.78 is 38.6. The molecular formula is C35H33N2NaO6S. The van der Waals surface area contributed by atoms with Gasteiger partial charge < -0.3 is 19.6 Å². The molecular weight excluding hydrogens is 599 g/mol. The Morgan fingerprint density at radius 3 is 2.02 bits per heavy atom. The van der Waals surface area contributed by atoms with Gasteiger partial charge >= 0.3 is 29.6 Å². The summed E-state index contributed by atoms with van der Waals surface area (Å²) in [5, 5.41) is 6.48. The van der Waals surface area contributed by atoms with Gasteiger partial charge in [0, 0.05) is 22.3 Å². The van der Waals surface area contributed by atoms with E-state index in [4.69, 9.17) is 4.42 Å². The van der Waals surface area contributed by atoms with Crippen LogP contribution in [0.2, 0.25) is 0 Å². The van der Waals surface area contributed by atoms with Crippen molar-refractivity contribution in [3.63, 3.8) is 0 Å². The van der Waals surface area contributed by atoms with Gasteiger partial charge in [-0.3, -0.25) is 9.59 Å². The van der Waals surface area contributed by atoms with Crippen molar-refractivity contribution in [3.05, 3.63) is 120 Å². The van der Waals surface area contributed by atoms with Crippen LogP contribution in [-0.2, 0) is 31.5 Å². The molecule has 2 amide bonds. The molecule has 0 fully saturated rings. The number of anilines is 2. The quantitative estimate of drug-likeness (QED) is 0.188. The molecule has 2 N–H and O–H groups in total. The average Bonchev–Trinajstić information content (AvgIpc) is 3.40. The number of fused-ring (bicyclic) bond motifs is 1. The topological polar surface area (TPSA) is 129 Å². The van der Waals surface area contributed by atoms with Gasteiger partial charge in [-0.2, -0.15) is 0 Å². The summed E-state index contributed by atoms with van der Waals surface area (Å²) in [7, 11) is -4.68. The van der Waals surface area contributed by atoms with Crippen molar-refractivity contribution in [3.8, 4) is 11.3 Å². The fourth-order valence-corrected chi connectivity index (χ4v) is 5.36. The summed E-state index contributed by atoms with van der Waals surface area (Å²) in [5.74, 6) is -2.00. The monoisotopic (exact) mass is 632 g/mol. The maximum absolute atomic E-state index is 13.7. The predicted molar refractivity (Wildman–Crippen MR) is 172 cm³/mol. The molecule has 1 unspecified atom stereocenters. The third kappa shape index (κ3) is 9.15. The molecule has 0 aliphatic heterocycles. The minimum atomic E-state index is -4.68. The van der Waals surface area contributed by atoms with Crippen molar-refractivity contribution in [2.24, 2.45) is 0 Å². The molecule has 45 heavy (non-hydrogen) atoms. The first-order valence-electron chi connectivity index (χ1n) is 14.2. The van der Waals surface area contributed by atoms with Crippen LogP contribution in [0.5, 0.6) is 0 Å². The van der Waals surface area contributed by atoms with Crippen LogP contribution in [0.1, 0.15) is 43.4 Å². The van der Waals surface area contributed by atoms with Crippen LogP contribution in [0.4, 0.5) is 11.4 Å². The number of hydrogen-bond acceptors (Lipinski definition) is 6. The van der Waals surface area contributed by atoms with Gasteiger partial charge in [0.05, 0.1) is 5.92 Å². The van der Waals surface area contributed by atoms with E-state index in [-0.39, 0.29) is 40.9 Å². The summed E-state index contributed by atoms with van der Waals surface area (Å²) in [4.78, 5) is 25.6. The molecule has 1 aromatic heterocycles. The fraction of sp³-hybridized carbons (Fsp3) is 0.200. The number of carbonyl (C=O) groups is 2. The van der Waals surface area contributed by atoms with Crippen LogP contribution in [0, 0.1) is 0 Å². The van der Waals surface area contributed by atoms with Gasteiger partial charge in [-0.05, 0) is 77.1 Å². The molecule has 10 heteroatoms. The first kappa shape index (κ1) is 34.1. The average molecular weight is 633 g/mol. The Morgan fingerprint density at radius 2 is 1.42 bits per heavy atom. The van der Waals surface area contributed by atoms with E-state index in [1.54, 1.807) is 24.3 Å². The summed E-state index contributed by atoms with van der Waals surface area (Å²) in [5.41, 5.74) is 5.51. The minimum absolute atomic E-state index is 0. The fourth-order valence-electron chi connectivity index (χ4n) is 4.97. The number of amides is 2. The van der Waals surface area contributed by atoms with Gasteiger partial charge in [-0.15, -0.1) is 0 Å². The normalized spacial score (nSPS) is 12.3. The maximum Gasteiger partial charge on any atom is 1.00 e. The Bertz CT molecular complexity index is 1860. The van der Waals surface area contributed by atoms with Gasteiger partial charge in [-0.1, -0.05) is 75.4 Å². The van der Waals surface area contributed by atoms with E-state index in [1.165, 1.54) is 0 Å². The zero-order valence-corrected chi connectivity index (χ0v) is 28.5. The smallest absolute Gasteiger partial charge is 0.748 e. The second kappa shape index (κ2) is 14.1. The Balaban J connectivity index is 0.00000461. The molecule has 0 saturated heterocycles. The number of furan rings is 1. The van der Waals surface area contributed by atoms with E-state index >= 15 is 0 Å². The van der Waals surface area contributed by atoms with Gasteiger partial charge in [0.15, 0.2) is 0 Å². The van der Waals surface area contributed by atoms with Gasteiger partial charge in [0.1, 0.15) is 27.2 Å². The van der Waals surface area contributed by atoms with E-state index in [2.05, 4.69) is 31.4 Å². The van der Waals surface area contributed by atoms with Crippen LogP contribution < -0.4 is 40.2 Å². The molecule has 1 heterocycles.